The highest BCUT2D eigenvalue weighted by atomic mass is 32.2. The van der Waals surface area contributed by atoms with E-state index in [2.05, 4.69) is 50.3 Å². The maximum atomic E-state index is 2.43. The first-order valence-corrected chi connectivity index (χ1v) is 8.10. The second-order valence-corrected chi connectivity index (χ2v) is 5.84. The molecule has 0 N–H and O–H groups in total. The minimum absolute atomic E-state index is 1.15. The lowest BCUT2D eigenvalue weighted by molar-refractivity contribution is 0.637. The summed E-state index contributed by atoms with van der Waals surface area (Å²) in [6.07, 6.45) is 11.7. The van der Waals surface area contributed by atoms with E-state index < -0.39 is 0 Å². The van der Waals surface area contributed by atoms with Gasteiger partial charge in [0, 0.05) is 4.90 Å². The van der Waals surface area contributed by atoms with Crippen molar-refractivity contribution in [3.8, 4) is 0 Å². The molecule has 0 unspecified atom stereocenters. The van der Waals surface area contributed by atoms with E-state index in [0.717, 1.165) is 6.42 Å². The molecule has 0 aliphatic heterocycles. The number of unbranched alkanes of at least 4 members (excludes halogenated alkanes) is 5. The normalized spacial score (nSPS) is 11.8. The van der Waals surface area contributed by atoms with Crippen LogP contribution in [0.4, 0.5) is 0 Å². The van der Waals surface area contributed by atoms with E-state index in [1.165, 1.54) is 48.3 Å². The molecule has 0 aromatic heterocycles. The predicted octanol–water partition coefficient (Wildman–Crippen LogP) is 6.43. The molecule has 1 rings (SSSR count). The van der Waals surface area contributed by atoms with Crippen LogP contribution in [0.15, 0.2) is 46.2 Å². The van der Waals surface area contributed by atoms with Crippen molar-refractivity contribution in [2.45, 2.75) is 63.7 Å². The molecule has 0 atom stereocenters. The molecule has 0 saturated heterocycles. The van der Waals surface area contributed by atoms with Crippen LogP contribution < -0.4 is 0 Å². The fourth-order valence-corrected chi connectivity index (χ4v) is 2.85. The van der Waals surface area contributed by atoms with Crippen molar-refractivity contribution in [3.05, 3.63) is 41.3 Å². The zero-order chi connectivity index (χ0) is 13.1. The molecule has 0 amide bonds. The largest absolute Gasteiger partial charge is 0.0949 e. The van der Waals surface area contributed by atoms with Crippen LogP contribution in [0, 0.1) is 0 Å². The molecule has 0 nitrogen and oxygen atoms in total. The Bertz CT molecular complexity index is 327. The molecule has 0 aliphatic carbocycles. The standard InChI is InChI=1S/C17H26S/c1-3-5-6-7-8-10-13-16(4-2)18-17-14-11-9-12-15-17/h9,11-15H,3-8,10H2,1-2H3/b16-13-. The second kappa shape index (κ2) is 10.3. The number of hydrogen-bond donors (Lipinski definition) is 0. The van der Waals surface area contributed by atoms with Gasteiger partial charge in [0.25, 0.3) is 0 Å². The van der Waals surface area contributed by atoms with Gasteiger partial charge < -0.3 is 0 Å². The molecular formula is C17H26S. The Labute approximate surface area is 117 Å². The van der Waals surface area contributed by atoms with Gasteiger partial charge in [-0.25, -0.2) is 0 Å². The van der Waals surface area contributed by atoms with Crippen LogP contribution in [0.2, 0.25) is 0 Å². The first-order valence-electron chi connectivity index (χ1n) is 7.28. The Morgan fingerprint density at radius 2 is 1.72 bits per heavy atom. The highest BCUT2D eigenvalue weighted by Gasteiger charge is 1.97. The third kappa shape index (κ3) is 6.90. The summed E-state index contributed by atoms with van der Waals surface area (Å²) in [6, 6.07) is 10.7. The summed E-state index contributed by atoms with van der Waals surface area (Å²) < 4.78 is 0. The van der Waals surface area contributed by atoms with Crippen LogP contribution in [0.1, 0.15) is 58.8 Å². The van der Waals surface area contributed by atoms with E-state index >= 15 is 0 Å². The lowest BCUT2D eigenvalue weighted by Crippen LogP contribution is -1.79. The van der Waals surface area contributed by atoms with Crippen LogP contribution in [0.3, 0.4) is 0 Å². The number of hydrogen-bond acceptors (Lipinski definition) is 1. The molecule has 0 fully saturated rings. The van der Waals surface area contributed by atoms with E-state index in [9.17, 15) is 0 Å². The third-order valence-corrected chi connectivity index (χ3v) is 4.25. The first kappa shape index (κ1) is 15.4. The van der Waals surface area contributed by atoms with Gasteiger partial charge in [0.1, 0.15) is 0 Å². The molecular weight excluding hydrogens is 236 g/mol. The van der Waals surface area contributed by atoms with E-state index in [0.29, 0.717) is 0 Å². The predicted molar refractivity (Wildman–Crippen MR) is 84.0 cm³/mol. The van der Waals surface area contributed by atoms with Crippen LogP contribution in [-0.4, -0.2) is 0 Å². The SMILES string of the molecule is CCCCCCC/C=C(/CC)Sc1ccccc1. The lowest BCUT2D eigenvalue weighted by atomic mass is 10.1. The summed E-state index contributed by atoms with van der Waals surface area (Å²) in [7, 11) is 0. The quantitative estimate of drug-likeness (QED) is 0.365. The highest BCUT2D eigenvalue weighted by molar-refractivity contribution is 8.03. The summed E-state index contributed by atoms with van der Waals surface area (Å²) >= 11 is 1.92. The van der Waals surface area contributed by atoms with E-state index in [-0.39, 0.29) is 0 Å². The van der Waals surface area contributed by atoms with Crippen LogP contribution >= 0.6 is 11.8 Å². The summed E-state index contributed by atoms with van der Waals surface area (Å²) in [5, 5.41) is 0. The van der Waals surface area contributed by atoms with E-state index in [4.69, 9.17) is 0 Å². The van der Waals surface area contributed by atoms with Gasteiger partial charge in [-0.15, -0.1) is 0 Å². The zero-order valence-electron chi connectivity index (χ0n) is 11.8. The molecule has 0 radical (unpaired) electrons. The minimum Gasteiger partial charge on any atom is -0.0949 e. The fraction of sp³-hybridized carbons (Fsp3) is 0.529. The van der Waals surface area contributed by atoms with E-state index in [1.54, 1.807) is 0 Å². The number of benzene rings is 1. The molecule has 1 heteroatoms. The van der Waals surface area contributed by atoms with Crippen molar-refractivity contribution >= 4 is 11.8 Å². The molecule has 0 heterocycles. The summed E-state index contributed by atoms with van der Waals surface area (Å²) in [5.74, 6) is 0. The van der Waals surface area contributed by atoms with Crippen molar-refractivity contribution < 1.29 is 0 Å². The first-order chi connectivity index (χ1) is 8.86. The average molecular weight is 262 g/mol. The summed E-state index contributed by atoms with van der Waals surface area (Å²) in [6.45, 7) is 4.52. The number of rotatable bonds is 9. The molecule has 100 valence electrons. The second-order valence-electron chi connectivity index (χ2n) is 4.64. The van der Waals surface area contributed by atoms with Gasteiger partial charge in [-0.2, -0.15) is 0 Å². The number of thioether (sulfide) groups is 1. The van der Waals surface area contributed by atoms with Crippen LogP contribution in [-0.2, 0) is 0 Å². The maximum absolute atomic E-state index is 2.43. The Morgan fingerprint density at radius 3 is 2.39 bits per heavy atom. The molecule has 1 aromatic rings. The smallest absolute Gasteiger partial charge is 0.0118 e. The molecule has 0 bridgehead atoms. The van der Waals surface area contributed by atoms with E-state index in [1.807, 2.05) is 11.8 Å². The Kier molecular flexibility index (Phi) is 8.75. The lowest BCUT2D eigenvalue weighted by Gasteiger charge is -2.04. The Balaban J connectivity index is 2.27. The van der Waals surface area contributed by atoms with Gasteiger partial charge >= 0.3 is 0 Å². The molecule has 18 heavy (non-hydrogen) atoms. The molecule has 0 saturated carbocycles. The highest BCUT2D eigenvalue weighted by Crippen LogP contribution is 2.28. The zero-order valence-corrected chi connectivity index (χ0v) is 12.6. The Morgan fingerprint density at radius 1 is 1.00 bits per heavy atom. The van der Waals surface area contributed by atoms with Crippen molar-refractivity contribution in [3.63, 3.8) is 0 Å². The van der Waals surface area contributed by atoms with Gasteiger partial charge in [0.2, 0.25) is 0 Å². The summed E-state index contributed by atoms with van der Waals surface area (Å²) in [4.78, 5) is 2.87. The number of allylic oxidation sites excluding steroid dienone is 2. The summed E-state index contributed by atoms with van der Waals surface area (Å²) in [5.41, 5.74) is 0. The van der Waals surface area contributed by atoms with Crippen LogP contribution in [0.25, 0.3) is 0 Å². The van der Waals surface area contributed by atoms with Gasteiger partial charge in [-0.3, -0.25) is 0 Å². The molecule has 0 aliphatic rings. The van der Waals surface area contributed by atoms with Crippen molar-refractivity contribution in [2.75, 3.05) is 0 Å². The van der Waals surface area contributed by atoms with Crippen molar-refractivity contribution in [1.29, 1.82) is 0 Å². The third-order valence-electron chi connectivity index (χ3n) is 3.02. The van der Waals surface area contributed by atoms with Gasteiger partial charge in [0.15, 0.2) is 0 Å². The Hall–Kier alpha value is -0.690. The van der Waals surface area contributed by atoms with Crippen molar-refractivity contribution in [1.82, 2.24) is 0 Å². The van der Waals surface area contributed by atoms with Gasteiger partial charge in [0.05, 0.1) is 0 Å². The topological polar surface area (TPSA) is 0 Å². The van der Waals surface area contributed by atoms with Crippen molar-refractivity contribution in [2.24, 2.45) is 0 Å². The molecule has 0 spiro atoms. The maximum Gasteiger partial charge on any atom is 0.0118 e. The fourth-order valence-electron chi connectivity index (χ4n) is 1.91. The molecule has 1 aromatic carbocycles. The van der Waals surface area contributed by atoms with Crippen LogP contribution in [0.5, 0.6) is 0 Å². The average Bonchev–Trinajstić information content (AvgIpc) is 2.42. The minimum atomic E-state index is 1.15. The monoisotopic (exact) mass is 262 g/mol. The van der Waals surface area contributed by atoms with Gasteiger partial charge in [-0.05, 0) is 36.3 Å². The van der Waals surface area contributed by atoms with Gasteiger partial charge in [-0.1, -0.05) is 75.6 Å².